The van der Waals surface area contributed by atoms with Gasteiger partial charge in [-0.1, -0.05) is 18.2 Å². The van der Waals surface area contributed by atoms with Crippen molar-refractivity contribution >= 4 is 17.6 Å². The Balaban J connectivity index is 1.81. The zero-order chi connectivity index (χ0) is 18.1. The Morgan fingerprint density at radius 2 is 2.04 bits per heavy atom. The summed E-state index contributed by atoms with van der Waals surface area (Å²) in [5.74, 6) is -0.0406. The smallest absolute Gasteiger partial charge is 0.254 e. The molecule has 1 aromatic carbocycles. The maximum atomic E-state index is 13.8. The van der Waals surface area contributed by atoms with Crippen molar-refractivity contribution in [1.29, 1.82) is 0 Å². The van der Waals surface area contributed by atoms with Crippen LogP contribution in [-0.2, 0) is 11.2 Å². The Labute approximate surface area is 144 Å². The summed E-state index contributed by atoms with van der Waals surface area (Å²) in [6.45, 7) is 5.38. The summed E-state index contributed by atoms with van der Waals surface area (Å²) in [6, 6.07) is 5.95. The summed E-state index contributed by atoms with van der Waals surface area (Å²) >= 11 is 0. The van der Waals surface area contributed by atoms with Gasteiger partial charge in [0, 0.05) is 22.5 Å². The van der Waals surface area contributed by atoms with Crippen molar-refractivity contribution in [2.75, 3.05) is 5.73 Å². The van der Waals surface area contributed by atoms with Crippen molar-refractivity contribution in [2.45, 2.75) is 33.2 Å². The molecule has 2 aromatic heterocycles. The lowest BCUT2D eigenvalue weighted by molar-refractivity contribution is -0.121. The highest BCUT2D eigenvalue weighted by molar-refractivity contribution is 5.79. The van der Waals surface area contributed by atoms with Gasteiger partial charge in [-0.15, -0.1) is 5.10 Å². The van der Waals surface area contributed by atoms with Crippen LogP contribution in [0.25, 0.3) is 5.78 Å². The van der Waals surface area contributed by atoms with E-state index in [0.29, 0.717) is 17.0 Å². The Bertz CT molecular complexity index is 952. The quantitative estimate of drug-likeness (QED) is 0.754. The number of rotatable bonds is 4. The van der Waals surface area contributed by atoms with Crippen molar-refractivity contribution in [3.8, 4) is 0 Å². The second-order valence-corrected chi connectivity index (χ2v) is 5.93. The minimum Gasteiger partial charge on any atom is -0.366 e. The second kappa shape index (κ2) is 6.46. The highest BCUT2D eigenvalue weighted by Gasteiger charge is 2.18. The third kappa shape index (κ3) is 3.28. The molecule has 1 amide bonds. The number of benzene rings is 1. The second-order valence-electron chi connectivity index (χ2n) is 5.93. The molecule has 8 heteroatoms. The lowest BCUT2D eigenvalue weighted by Gasteiger charge is -2.16. The number of hydrogen-bond acceptors (Lipinski definition) is 5. The molecule has 3 N–H and O–H groups in total. The van der Waals surface area contributed by atoms with Gasteiger partial charge in [0.05, 0.1) is 12.5 Å². The van der Waals surface area contributed by atoms with Crippen LogP contribution in [0.5, 0.6) is 0 Å². The minimum absolute atomic E-state index is 0.110. The Hall–Kier alpha value is -3.03. The largest absolute Gasteiger partial charge is 0.366 e. The molecule has 0 bridgehead atoms. The standard InChI is InChI=1S/C17H19FN6O/c1-9(12-6-4-5-7-14(12)18)20-15(25)8-13-10(2)21-17-22-16(19)23-24(17)11(13)3/h4-7,9H,8H2,1-3H3,(H2,19,23)(H,20,25)/t9-/m1/s1. The van der Waals surface area contributed by atoms with Gasteiger partial charge in [0.15, 0.2) is 0 Å². The van der Waals surface area contributed by atoms with Crippen LogP contribution in [0.3, 0.4) is 0 Å². The molecule has 3 rings (SSSR count). The molecule has 0 spiro atoms. The van der Waals surface area contributed by atoms with E-state index >= 15 is 0 Å². The normalized spacial score (nSPS) is 12.3. The van der Waals surface area contributed by atoms with Gasteiger partial charge < -0.3 is 11.1 Å². The summed E-state index contributed by atoms with van der Waals surface area (Å²) in [4.78, 5) is 20.8. The molecule has 0 radical (unpaired) electrons. The van der Waals surface area contributed by atoms with Crippen molar-refractivity contribution in [2.24, 2.45) is 0 Å². The molecule has 0 unspecified atom stereocenters. The van der Waals surface area contributed by atoms with Gasteiger partial charge in [0.25, 0.3) is 5.78 Å². The highest BCUT2D eigenvalue weighted by Crippen LogP contribution is 2.18. The Kier molecular flexibility index (Phi) is 4.35. The topological polar surface area (TPSA) is 98.2 Å². The van der Waals surface area contributed by atoms with E-state index in [1.807, 2.05) is 6.92 Å². The minimum atomic E-state index is -0.437. The van der Waals surface area contributed by atoms with Gasteiger partial charge in [0.2, 0.25) is 11.9 Å². The molecular formula is C17H19FN6O. The van der Waals surface area contributed by atoms with Gasteiger partial charge in [0.1, 0.15) is 5.82 Å². The lowest BCUT2D eigenvalue weighted by Crippen LogP contribution is -2.29. The van der Waals surface area contributed by atoms with E-state index in [4.69, 9.17) is 5.73 Å². The number of amides is 1. The molecule has 0 aliphatic heterocycles. The molecule has 0 aliphatic rings. The summed E-state index contributed by atoms with van der Waals surface area (Å²) in [5.41, 5.74) is 8.24. The third-order valence-corrected chi connectivity index (χ3v) is 4.15. The van der Waals surface area contributed by atoms with Crippen LogP contribution in [0.1, 0.15) is 35.5 Å². The summed E-state index contributed by atoms with van der Waals surface area (Å²) in [5, 5.41) is 6.90. The summed E-state index contributed by atoms with van der Waals surface area (Å²) in [6.07, 6.45) is 0.110. The number of halogens is 1. The predicted octanol–water partition coefficient (Wildman–Crippen LogP) is 1.88. The van der Waals surface area contributed by atoms with E-state index in [-0.39, 0.29) is 24.1 Å². The van der Waals surface area contributed by atoms with Crippen LogP contribution in [0.2, 0.25) is 0 Å². The third-order valence-electron chi connectivity index (χ3n) is 4.15. The molecule has 1 atom stereocenters. The fraction of sp³-hybridized carbons (Fsp3) is 0.294. The number of nitrogens with one attached hydrogen (secondary N) is 1. The van der Waals surface area contributed by atoms with E-state index in [1.54, 1.807) is 32.0 Å². The Morgan fingerprint density at radius 1 is 1.32 bits per heavy atom. The van der Waals surface area contributed by atoms with Gasteiger partial charge in [-0.2, -0.15) is 9.50 Å². The summed E-state index contributed by atoms with van der Waals surface area (Å²) in [7, 11) is 0. The van der Waals surface area contributed by atoms with E-state index in [9.17, 15) is 9.18 Å². The maximum absolute atomic E-state index is 13.8. The molecule has 0 saturated heterocycles. The molecule has 0 aliphatic carbocycles. The van der Waals surface area contributed by atoms with Gasteiger partial charge in [-0.25, -0.2) is 9.37 Å². The zero-order valence-electron chi connectivity index (χ0n) is 14.2. The number of anilines is 1. The number of nitrogen functional groups attached to an aromatic ring is 1. The monoisotopic (exact) mass is 342 g/mol. The number of fused-ring (bicyclic) bond motifs is 1. The fourth-order valence-electron chi connectivity index (χ4n) is 2.84. The first kappa shape index (κ1) is 16.8. The first-order chi connectivity index (χ1) is 11.9. The van der Waals surface area contributed by atoms with Crippen molar-refractivity contribution in [3.63, 3.8) is 0 Å². The number of aryl methyl sites for hydroxylation is 2. The van der Waals surface area contributed by atoms with E-state index in [0.717, 1.165) is 11.3 Å². The molecular weight excluding hydrogens is 323 g/mol. The lowest BCUT2D eigenvalue weighted by atomic mass is 10.1. The van der Waals surface area contributed by atoms with Crippen LogP contribution in [0.4, 0.5) is 10.3 Å². The van der Waals surface area contributed by atoms with E-state index < -0.39 is 6.04 Å². The molecule has 130 valence electrons. The molecule has 0 fully saturated rings. The molecule has 25 heavy (non-hydrogen) atoms. The summed E-state index contributed by atoms with van der Waals surface area (Å²) < 4.78 is 15.3. The highest BCUT2D eigenvalue weighted by atomic mass is 19.1. The predicted molar refractivity (Wildman–Crippen MR) is 91.3 cm³/mol. The SMILES string of the molecule is Cc1nc2nc(N)nn2c(C)c1CC(=O)N[C@H](C)c1ccccc1F. The van der Waals surface area contributed by atoms with Crippen LogP contribution >= 0.6 is 0 Å². The van der Waals surface area contributed by atoms with Crippen molar-refractivity contribution < 1.29 is 9.18 Å². The Morgan fingerprint density at radius 3 is 2.76 bits per heavy atom. The average molecular weight is 342 g/mol. The van der Waals surface area contributed by atoms with Gasteiger partial charge in [-0.05, 0) is 26.8 Å². The van der Waals surface area contributed by atoms with Crippen molar-refractivity contribution in [1.82, 2.24) is 24.9 Å². The molecule has 2 heterocycles. The number of hydrogen-bond donors (Lipinski definition) is 2. The van der Waals surface area contributed by atoms with E-state index in [1.165, 1.54) is 10.6 Å². The number of carbonyl (C=O) groups is 1. The van der Waals surface area contributed by atoms with Gasteiger partial charge >= 0.3 is 0 Å². The average Bonchev–Trinajstić information content (AvgIpc) is 2.92. The van der Waals surface area contributed by atoms with Gasteiger partial charge in [-0.3, -0.25) is 4.79 Å². The fourth-order valence-corrected chi connectivity index (χ4v) is 2.84. The van der Waals surface area contributed by atoms with Crippen LogP contribution in [-0.4, -0.2) is 25.5 Å². The van der Waals surface area contributed by atoms with Crippen LogP contribution in [0.15, 0.2) is 24.3 Å². The first-order valence-electron chi connectivity index (χ1n) is 7.89. The number of carbonyl (C=O) groups excluding carboxylic acids is 1. The van der Waals surface area contributed by atoms with Crippen LogP contribution < -0.4 is 11.1 Å². The van der Waals surface area contributed by atoms with Crippen molar-refractivity contribution in [3.05, 3.63) is 52.6 Å². The van der Waals surface area contributed by atoms with Crippen LogP contribution in [0, 0.1) is 19.7 Å². The molecule has 3 aromatic rings. The number of aromatic nitrogens is 4. The zero-order valence-corrected chi connectivity index (χ0v) is 14.2. The number of nitrogens with two attached hydrogens (primary N) is 1. The van der Waals surface area contributed by atoms with E-state index in [2.05, 4.69) is 20.4 Å². The molecule has 7 nitrogen and oxygen atoms in total. The first-order valence-corrected chi connectivity index (χ1v) is 7.89. The molecule has 0 saturated carbocycles. The number of nitrogens with zero attached hydrogens (tertiary/aromatic N) is 4. The maximum Gasteiger partial charge on any atom is 0.254 e.